The Labute approximate surface area is 172 Å². The lowest BCUT2D eigenvalue weighted by Crippen LogP contribution is -2.43. The van der Waals surface area contributed by atoms with Crippen LogP contribution in [0.1, 0.15) is 33.3 Å². The van der Waals surface area contributed by atoms with E-state index in [0.29, 0.717) is 17.1 Å². The molecule has 1 N–H and O–H groups in total. The molecule has 5 nitrogen and oxygen atoms in total. The molecular weight excluding hydrogens is 394 g/mol. The number of aryl methyl sites for hydroxylation is 1. The summed E-state index contributed by atoms with van der Waals surface area (Å²) in [5.41, 5.74) is 2.62. The molecule has 0 saturated carbocycles. The zero-order chi connectivity index (χ0) is 20.1. The summed E-state index contributed by atoms with van der Waals surface area (Å²) in [5, 5.41) is 9.13. The quantitative estimate of drug-likeness (QED) is 0.769. The molecule has 3 rings (SSSR count). The summed E-state index contributed by atoms with van der Waals surface area (Å²) in [7, 11) is 0. The predicted molar refractivity (Wildman–Crippen MR) is 112 cm³/mol. The molecule has 1 saturated heterocycles. The standard InChI is InChI=1S/C21H21NO4S2/c1-14-7-9-15(10-8-14)19-22(17(13-28-19)20(24)25)18(23)11-12-27-21(26)16-5-3-2-4-6-16/h2-10,17,19H,11-13H2,1H3,(H,24,25)/t17-,19-/m0/s1. The maximum atomic E-state index is 12.9. The molecule has 0 unspecified atom stereocenters. The molecule has 7 heteroatoms. The van der Waals surface area contributed by atoms with Gasteiger partial charge in [-0.05, 0) is 12.5 Å². The summed E-state index contributed by atoms with van der Waals surface area (Å²) in [6.07, 6.45) is 0.121. The van der Waals surface area contributed by atoms with Crippen LogP contribution in [0.5, 0.6) is 0 Å². The van der Waals surface area contributed by atoms with Crippen LogP contribution in [0.4, 0.5) is 0 Å². The van der Waals surface area contributed by atoms with E-state index >= 15 is 0 Å². The van der Waals surface area contributed by atoms with Gasteiger partial charge in [0.2, 0.25) is 11.0 Å². The number of carboxylic acids is 1. The van der Waals surface area contributed by atoms with Gasteiger partial charge in [0, 0.05) is 23.5 Å². The van der Waals surface area contributed by atoms with E-state index in [0.717, 1.165) is 22.9 Å². The molecule has 0 aliphatic carbocycles. The molecule has 28 heavy (non-hydrogen) atoms. The molecular formula is C21H21NO4S2. The number of hydrogen-bond donors (Lipinski definition) is 1. The zero-order valence-corrected chi connectivity index (χ0v) is 17.0. The second kappa shape index (κ2) is 9.30. The minimum Gasteiger partial charge on any atom is -0.480 e. The zero-order valence-electron chi connectivity index (χ0n) is 15.4. The highest BCUT2D eigenvalue weighted by Crippen LogP contribution is 2.42. The van der Waals surface area contributed by atoms with Gasteiger partial charge >= 0.3 is 5.97 Å². The monoisotopic (exact) mass is 415 g/mol. The van der Waals surface area contributed by atoms with E-state index in [9.17, 15) is 19.5 Å². The number of carbonyl (C=O) groups excluding carboxylic acids is 2. The molecule has 1 aliphatic heterocycles. The summed E-state index contributed by atoms with van der Waals surface area (Å²) < 4.78 is 0. The fourth-order valence-electron chi connectivity index (χ4n) is 3.01. The van der Waals surface area contributed by atoms with Crippen LogP contribution in [0.3, 0.4) is 0 Å². The topological polar surface area (TPSA) is 74.7 Å². The number of hydrogen-bond acceptors (Lipinski definition) is 5. The Hall–Kier alpha value is -2.25. The van der Waals surface area contributed by atoms with Crippen LogP contribution in [-0.4, -0.2) is 44.5 Å². The molecule has 1 heterocycles. The van der Waals surface area contributed by atoms with Gasteiger partial charge in [-0.25, -0.2) is 4.79 Å². The first kappa shape index (κ1) is 20.5. The van der Waals surface area contributed by atoms with E-state index in [1.165, 1.54) is 16.7 Å². The maximum absolute atomic E-state index is 12.9. The van der Waals surface area contributed by atoms with Crippen molar-refractivity contribution in [3.63, 3.8) is 0 Å². The van der Waals surface area contributed by atoms with E-state index in [1.54, 1.807) is 24.3 Å². The Balaban J connectivity index is 1.66. The normalized spacial score (nSPS) is 18.8. The number of carbonyl (C=O) groups is 3. The van der Waals surface area contributed by atoms with Crippen LogP contribution < -0.4 is 0 Å². The van der Waals surface area contributed by atoms with E-state index < -0.39 is 12.0 Å². The molecule has 1 aliphatic rings. The summed E-state index contributed by atoms with van der Waals surface area (Å²) >= 11 is 2.55. The molecule has 0 spiro atoms. The fraction of sp³-hybridized carbons (Fsp3) is 0.286. The lowest BCUT2D eigenvalue weighted by Gasteiger charge is -2.27. The van der Waals surface area contributed by atoms with Gasteiger partial charge in [-0.15, -0.1) is 11.8 Å². The van der Waals surface area contributed by atoms with Crippen LogP contribution in [0, 0.1) is 6.92 Å². The molecule has 2 aromatic carbocycles. The van der Waals surface area contributed by atoms with Crippen LogP contribution in [0.2, 0.25) is 0 Å². The third-order valence-corrected chi connectivity index (χ3v) is 6.72. The first-order valence-electron chi connectivity index (χ1n) is 8.91. The third-order valence-electron chi connectivity index (χ3n) is 4.49. The fourth-order valence-corrected chi connectivity index (χ4v) is 5.21. The highest BCUT2D eigenvalue weighted by Gasteiger charge is 2.42. The summed E-state index contributed by atoms with van der Waals surface area (Å²) in [5.74, 6) is -0.559. The van der Waals surface area contributed by atoms with Crippen molar-refractivity contribution in [1.29, 1.82) is 0 Å². The number of benzene rings is 2. The van der Waals surface area contributed by atoms with E-state index in [-0.39, 0.29) is 22.8 Å². The Kier molecular flexibility index (Phi) is 6.80. The number of aliphatic carboxylic acids is 1. The molecule has 2 aromatic rings. The highest BCUT2D eigenvalue weighted by molar-refractivity contribution is 8.14. The van der Waals surface area contributed by atoms with Gasteiger partial charge in [-0.3, -0.25) is 9.59 Å². The lowest BCUT2D eigenvalue weighted by molar-refractivity contribution is -0.149. The predicted octanol–water partition coefficient (Wildman–Crippen LogP) is 3.99. The molecule has 0 bridgehead atoms. The molecule has 0 aromatic heterocycles. The Morgan fingerprint density at radius 3 is 2.43 bits per heavy atom. The average molecular weight is 416 g/mol. The second-order valence-corrected chi connectivity index (χ2v) is 8.68. The van der Waals surface area contributed by atoms with E-state index in [1.807, 2.05) is 37.3 Å². The van der Waals surface area contributed by atoms with Crippen molar-refractivity contribution in [3.05, 3.63) is 71.3 Å². The van der Waals surface area contributed by atoms with Crippen LogP contribution in [0.15, 0.2) is 54.6 Å². The van der Waals surface area contributed by atoms with Crippen molar-refractivity contribution in [2.45, 2.75) is 24.8 Å². The first-order chi connectivity index (χ1) is 13.5. The van der Waals surface area contributed by atoms with Crippen molar-refractivity contribution in [1.82, 2.24) is 4.90 Å². The SMILES string of the molecule is Cc1ccc([C@@H]2SC[C@@H](C(=O)O)N2C(=O)CCSC(=O)c2ccccc2)cc1. The largest absolute Gasteiger partial charge is 0.480 e. The number of carboxylic acid groups (broad SMARTS) is 1. The minimum absolute atomic E-state index is 0.0888. The van der Waals surface area contributed by atoms with E-state index in [4.69, 9.17) is 0 Å². The van der Waals surface area contributed by atoms with Gasteiger partial charge in [-0.2, -0.15) is 0 Å². The van der Waals surface area contributed by atoms with Crippen LogP contribution >= 0.6 is 23.5 Å². The molecule has 2 atom stereocenters. The van der Waals surface area contributed by atoms with Gasteiger partial charge in [-0.1, -0.05) is 71.9 Å². The van der Waals surface area contributed by atoms with Crippen molar-refractivity contribution >= 4 is 40.5 Å². The third kappa shape index (κ3) is 4.77. The van der Waals surface area contributed by atoms with Gasteiger partial charge in [0.15, 0.2) is 0 Å². The molecule has 1 fully saturated rings. The first-order valence-corrected chi connectivity index (χ1v) is 10.9. The van der Waals surface area contributed by atoms with Gasteiger partial charge in [0.1, 0.15) is 11.4 Å². The van der Waals surface area contributed by atoms with Crippen molar-refractivity contribution in [2.24, 2.45) is 0 Å². The summed E-state index contributed by atoms with van der Waals surface area (Å²) in [6.45, 7) is 1.98. The Morgan fingerprint density at radius 1 is 1.11 bits per heavy atom. The van der Waals surface area contributed by atoms with Gasteiger partial charge < -0.3 is 10.0 Å². The lowest BCUT2D eigenvalue weighted by atomic mass is 10.1. The minimum atomic E-state index is -0.997. The van der Waals surface area contributed by atoms with Crippen molar-refractivity contribution in [3.8, 4) is 0 Å². The molecule has 0 radical (unpaired) electrons. The molecule has 146 valence electrons. The summed E-state index contributed by atoms with van der Waals surface area (Å²) in [4.78, 5) is 38.1. The summed E-state index contributed by atoms with van der Waals surface area (Å²) in [6, 6.07) is 15.8. The highest BCUT2D eigenvalue weighted by atomic mass is 32.2. The Bertz CT molecular complexity index is 854. The Morgan fingerprint density at radius 2 is 1.79 bits per heavy atom. The number of nitrogens with zero attached hydrogens (tertiary/aromatic N) is 1. The van der Waals surface area contributed by atoms with Crippen molar-refractivity contribution < 1.29 is 19.5 Å². The maximum Gasteiger partial charge on any atom is 0.327 e. The van der Waals surface area contributed by atoms with Crippen molar-refractivity contribution in [2.75, 3.05) is 11.5 Å². The number of rotatable bonds is 6. The van der Waals surface area contributed by atoms with Gasteiger partial charge in [0.25, 0.3) is 0 Å². The number of amides is 1. The average Bonchev–Trinajstić information content (AvgIpc) is 3.14. The van der Waals surface area contributed by atoms with Crippen LogP contribution in [-0.2, 0) is 9.59 Å². The number of thioether (sulfide) groups is 2. The van der Waals surface area contributed by atoms with Gasteiger partial charge in [0.05, 0.1) is 0 Å². The smallest absolute Gasteiger partial charge is 0.327 e. The van der Waals surface area contributed by atoms with Crippen LogP contribution in [0.25, 0.3) is 0 Å². The molecule has 1 amide bonds. The van der Waals surface area contributed by atoms with E-state index in [2.05, 4.69) is 0 Å². The second-order valence-electron chi connectivity index (χ2n) is 6.50.